The Morgan fingerprint density at radius 3 is 2.40 bits per heavy atom. The Morgan fingerprint density at radius 2 is 1.77 bits per heavy atom. The lowest BCUT2D eigenvalue weighted by Crippen LogP contribution is -2.43. The molecule has 0 saturated heterocycles. The minimum absolute atomic E-state index is 0. The highest BCUT2D eigenvalue weighted by atomic mass is 127. The second-order valence-corrected chi connectivity index (χ2v) is 7.36. The molecule has 7 nitrogen and oxygen atoms in total. The fourth-order valence-electron chi connectivity index (χ4n) is 2.93. The van der Waals surface area contributed by atoms with E-state index in [-0.39, 0.29) is 29.4 Å². The van der Waals surface area contributed by atoms with Gasteiger partial charge in [-0.3, -0.25) is 10.1 Å². The summed E-state index contributed by atoms with van der Waals surface area (Å²) < 4.78 is 5.18. The van der Waals surface area contributed by atoms with Gasteiger partial charge in [-0.2, -0.15) is 5.10 Å². The van der Waals surface area contributed by atoms with Crippen molar-refractivity contribution in [2.24, 2.45) is 4.99 Å². The molecule has 3 N–H and O–H groups in total. The number of aromatic amines is 1. The van der Waals surface area contributed by atoms with Crippen molar-refractivity contribution in [2.45, 2.75) is 25.8 Å². The average Bonchev–Trinajstić information content (AvgIpc) is 3.23. The van der Waals surface area contributed by atoms with Gasteiger partial charge >= 0.3 is 0 Å². The van der Waals surface area contributed by atoms with Crippen molar-refractivity contribution in [1.29, 1.82) is 0 Å². The van der Waals surface area contributed by atoms with Crippen LogP contribution in [0.1, 0.15) is 25.2 Å². The maximum absolute atomic E-state index is 5.18. The standard InChI is InChI=1S/C22H28N6O.HI/c1-22(2,17-8-6-5-7-9-17)15-25-21(23-3)24-14-19-26-20(28-27-19)16-10-12-18(29-4)13-11-16;/h5-13H,14-15H2,1-4H3,(H2,23,24,25)(H,26,27,28);1H. The van der Waals surface area contributed by atoms with E-state index in [4.69, 9.17) is 4.74 Å². The third-order valence-corrected chi connectivity index (χ3v) is 4.78. The van der Waals surface area contributed by atoms with Crippen molar-refractivity contribution >= 4 is 29.9 Å². The molecular weight excluding hydrogens is 491 g/mol. The summed E-state index contributed by atoms with van der Waals surface area (Å²) >= 11 is 0. The van der Waals surface area contributed by atoms with Gasteiger partial charge in [0.15, 0.2) is 11.8 Å². The highest BCUT2D eigenvalue weighted by Gasteiger charge is 2.20. The number of hydrogen-bond donors (Lipinski definition) is 3. The van der Waals surface area contributed by atoms with Gasteiger partial charge in [-0.25, -0.2) is 4.98 Å². The Labute approximate surface area is 194 Å². The van der Waals surface area contributed by atoms with Gasteiger partial charge in [0.2, 0.25) is 0 Å². The molecule has 8 heteroatoms. The van der Waals surface area contributed by atoms with Gasteiger partial charge in [-0.05, 0) is 29.8 Å². The number of hydrogen-bond acceptors (Lipinski definition) is 4. The second kappa shape index (κ2) is 11.0. The van der Waals surface area contributed by atoms with Crippen LogP contribution in [0.5, 0.6) is 5.75 Å². The van der Waals surface area contributed by atoms with Crippen molar-refractivity contribution < 1.29 is 4.74 Å². The molecule has 0 aliphatic carbocycles. The van der Waals surface area contributed by atoms with E-state index in [1.807, 2.05) is 30.3 Å². The molecule has 0 aliphatic heterocycles. The van der Waals surface area contributed by atoms with Gasteiger partial charge in [0.05, 0.1) is 13.7 Å². The number of nitrogens with one attached hydrogen (secondary N) is 3. The number of H-pyrrole nitrogens is 1. The van der Waals surface area contributed by atoms with Gasteiger partial charge in [0.25, 0.3) is 0 Å². The van der Waals surface area contributed by atoms with E-state index in [1.54, 1.807) is 14.2 Å². The first kappa shape index (κ1) is 23.7. The van der Waals surface area contributed by atoms with E-state index >= 15 is 0 Å². The molecule has 160 valence electrons. The molecular formula is C22H29IN6O. The minimum Gasteiger partial charge on any atom is -0.497 e. The lowest BCUT2D eigenvalue weighted by Gasteiger charge is -2.26. The molecule has 0 fully saturated rings. The maximum atomic E-state index is 5.18. The molecule has 30 heavy (non-hydrogen) atoms. The number of methoxy groups -OCH3 is 1. The van der Waals surface area contributed by atoms with Crippen molar-refractivity contribution in [3.63, 3.8) is 0 Å². The minimum atomic E-state index is -0.0212. The molecule has 1 heterocycles. The monoisotopic (exact) mass is 520 g/mol. The zero-order valence-electron chi connectivity index (χ0n) is 17.8. The number of nitrogens with zero attached hydrogens (tertiary/aromatic N) is 3. The molecule has 2 aromatic carbocycles. The van der Waals surface area contributed by atoms with Crippen LogP contribution in [0.15, 0.2) is 59.6 Å². The molecule has 0 saturated carbocycles. The quantitative estimate of drug-likeness (QED) is 0.251. The van der Waals surface area contributed by atoms with E-state index in [1.165, 1.54) is 5.56 Å². The number of ether oxygens (including phenoxy) is 1. The molecule has 3 rings (SSSR count). The van der Waals surface area contributed by atoms with Crippen LogP contribution in [0.25, 0.3) is 11.4 Å². The third-order valence-electron chi connectivity index (χ3n) is 4.78. The second-order valence-electron chi connectivity index (χ2n) is 7.36. The van der Waals surface area contributed by atoms with Gasteiger partial charge in [-0.1, -0.05) is 44.2 Å². The van der Waals surface area contributed by atoms with E-state index < -0.39 is 0 Å². The van der Waals surface area contributed by atoms with Crippen molar-refractivity contribution in [2.75, 3.05) is 20.7 Å². The zero-order valence-corrected chi connectivity index (χ0v) is 20.1. The number of benzene rings is 2. The van der Waals surface area contributed by atoms with Crippen LogP contribution in [0.4, 0.5) is 0 Å². The Bertz CT molecular complexity index is 938. The summed E-state index contributed by atoms with van der Waals surface area (Å²) in [6.45, 7) is 5.67. The number of rotatable bonds is 7. The number of aliphatic imine (C=N–C) groups is 1. The third kappa shape index (κ3) is 6.19. The fourth-order valence-corrected chi connectivity index (χ4v) is 2.93. The van der Waals surface area contributed by atoms with Gasteiger partial charge in [0.1, 0.15) is 11.6 Å². The summed E-state index contributed by atoms with van der Waals surface area (Å²) in [7, 11) is 3.40. The first-order valence-corrected chi connectivity index (χ1v) is 9.57. The van der Waals surface area contributed by atoms with E-state index in [0.29, 0.717) is 12.4 Å². The topological polar surface area (TPSA) is 87.2 Å². The van der Waals surface area contributed by atoms with E-state index in [9.17, 15) is 0 Å². The van der Waals surface area contributed by atoms with E-state index in [0.717, 1.165) is 29.6 Å². The van der Waals surface area contributed by atoms with Gasteiger partial charge in [-0.15, -0.1) is 24.0 Å². The highest BCUT2D eigenvalue weighted by molar-refractivity contribution is 14.0. The maximum Gasteiger partial charge on any atom is 0.191 e. The van der Waals surface area contributed by atoms with Crippen LogP contribution in [0.2, 0.25) is 0 Å². The average molecular weight is 520 g/mol. The Hall–Kier alpha value is -2.62. The summed E-state index contributed by atoms with van der Waals surface area (Å²) in [5, 5.41) is 13.9. The summed E-state index contributed by atoms with van der Waals surface area (Å²) in [6.07, 6.45) is 0. The normalized spacial score (nSPS) is 11.5. The van der Waals surface area contributed by atoms with E-state index in [2.05, 4.69) is 68.9 Å². The van der Waals surface area contributed by atoms with Crippen LogP contribution >= 0.6 is 24.0 Å². The van der Waals surface area contributed by atoms with Gasteiger partial charge < -0.3 is 15.4 Å². The predicted molar refractivity (Wildman–Crippen MR) is 131 cm³/mol. The smallest absolute Gasteiger partial charge is 0.191 e. The molecule has 0 spiro atoms. The first-order chi connectivity index (χ1) is 14.0. The lowest BCUT2D eigenvalue weighted by molar-refractivity contribution is 0.415. The van der Waals surface area contributed by atoms with Crippen LogP contribution in [-0.4, -0.2) is 41.8 Å². The molecule has 0 unspecified atom stereocenters. The zero-order chi connectivity index (χ0) is 20.7. The molecule has 0 aliphatic rings. The predicted octanol–water partition coefficient (Wildman–Crippen LogP) is 3.74. The highest BCUT2D eigenvalue weighted by Crippen LogP contribution is 2.21. The molecule has 0 amide bonds. The Kier molecular flexibility index (Phi) is 8.64. The summed E-state index contributed by atoms with van der Waals surface area (Å²) in [6, 6.07) is 18.1. The van der Waals surface area contributed by atoms with Crippen LogP contribution in [-0.2, 0) is 12.0 Å². The molecule has 1 aromatic heterocycles. The molecule has 0 bridgehead atoms. The van der Waals surface area contributed by atoms with Crippen LogP contribution < -0.4 is 15.4 Å². The number of guanidine groups is 1. The summed E-state index contributed by atoms with van der Waals surface area (Å²) in [5.41, 5.74) is 2.19. The van der Waals surface area contributed by atoms with Crippen molar-refractivity contribution in [1.82, 2.24) is 25.8 Å². The summed E-state index contributed by atoms with van der Waals surface area (Å²) in [4.78, 5) is 8.85. The van der Waals surface area contributed by atoms with Crippen LogP contribution in [0.3, 0.4) is 0 Å². The van der Waals surface area contributed by atoms with Gasteiger partial charge in [0, 0.05) is 24.6 Å². The molecule has 3 aromatic rings. The van der Waals surface area contributed by atoms with Crippen LogP contribution in [0, 0.1) is 0 Å². The Morgan fingerprint density at radius 1 is 1.07 bits per heavy atom. The molecule has 0 radical (unpaired) electrons. The fraction of sp³-hybridized carbons (Fsp3) is 0.318. The number of halogens is 1. The number of aromatic nitrogens is 3. The lowest BCUT2D eigenvalue weighted by atomic mass is 9.85. The van der Waals surface area contributed by atoms with Crippen molar-refractivity contribution in [3.05, 3.63) is 66.0 Å². The van der Waals surface area contributed by atoms with Crippen molar-refractivity contribution in [3.8, 4) is 17.1 Å². The summed E-state index contributed by atoms with van der Waals surface area (Å²) in [5.74, 6) is 2.91. The first-order valence-electron chi connectivity index (χ1n) is 9.57. The largest absolute Gasteiger partial charge is 0.497 e. The molecule has 0 atom stereocenters. The Balaban J connectivity index is 0.00000320. The SMILES string of the molecule is CN=C(NCc1nc(-c2ccc(OC)cc2)n[nH]1)NCC(C)(C)c1ccccc1.I.